The maximum atomic E-state index is 12.7. The van der Waals surface area contributed by atoms with E-state index in [9.17, 15) is 13.2 Å². The molecule has 1 amide bonds. The fourth-order valence-corrected chi connectivity index (χ4v) is 9.09. The molecule has 0 aliphatic heterocycles. The van der Waals surface area contributed by atoms with E-state index in [1.165, 1.54) is 32.1 Å². The van der Waals surface area contributed by atoms with E-state index in [0.29, 0.717) is 12.1 Å². The van der Waals surface area contributed by atoms with Crippen LogP contribution in [0.4, 0.5) is 5.69 Å². The molecule has 0 heterocycles. The molecule has 158 valence electrons. The smallest absolute Gasteiger partial charge is 0.240 e. The Bertz CT molecular complexity index is 900. The van der Waals surface area contributed by atoms with Gasteiger partial charge in [-0.05, 0) is 92.9 Å². The van der Waals surface area contributed by atoms with Crippen LogP contribution in [-0.2, 0) is 14.8 Å². The summed E-state index contributed by atoms with van der Waals surface area (Å²) in [5.41, 5.74) is 6.56. The molecule has 4 bridgehead atoms. The second-order valence-corrected chi connectivity index (χ2v) is 13.3. The van der Waals surface area contributed by atoms with Gasteiger partial charge < -0.3 is 0 Å². The molecule has 6 nitrogen and oxygen atoms in total. The van der Waals surface area contributed by atoms with E-state index in [0.717, 1.165) is 31.1 Å². The van der Waals surface area contributed by atoms with E-state index in [-0.39, 0.29) is 26.6 Å². The molecule has 5 saturated carbocycles. The maximum Gasteiger partial charge on any atom is 0.240 e. The second kappa shape index (κ2) is 6.95. The molecule has 1 aromatic carbocycles. The molecule has 1 aromatic rings. The number of carbonyl (C=O) groups is 1. The highest BCUT2D eigenvalue weighted by Gasteiger charge is 2.57. The maximum absolute atomic E-state index is 12.7. The Morgan fingerprint density at radius 1 is 1.07 bits per heavy atom. The Labute approximate surface area is 180 Å². The number of hydrogen-bond acceptors (Lipinski definition) is 4. The highest BCUT2D eigenvalue weighted by molar-refractivity contribution is 9.10. The summed E-state index contributed by atoms with van der Waals surface area (Å²) in [4.78, 5) is 12.9. The number of sulfonamides is 1. The van der Waals surface area contributed by atoms with Gasteiger partial charge in [0.05, 0.1) is 10.6 Å². The van der Waals surface area contributed by atoms with Crippen molar-refractivity contribution in [3.05, 3.63) is 24.3 Å². The third-order valence-corrected chi connectivity index (χ3v) is 9.52. The van der Waals surface area contributed by atoms with Crippen molar-refractivity contribution in [1.82, 2.24) is 10.1 Å². The number of alkyl halides is 1. The van der Waals surface area contributed by atoms with Gasteiger partial charge in [-0.1, -0.05) is 15.9 Å². The van der Waals surface area contributed by atoms with Crippen LogP contribution in [0.25, 0.3) is 0 Å². The van der Waals surface area contributed by atoms with Gasteiger partial charge in [-0.25, -0.2) is 13.1 Å². The zero-order chi connectivity index (χ0) is 20.3. The summed E-state index contributed by atoms with van der Waals surface area (Å²) < 4.78 is 27.4. The molecule has 0 aromatic heterocycles. The van der Waals surface area contributed by atoms with Gasteiger partial charge in [0.2, 0.25) is 15.9 Å². The van der Waals surface area contributed by atoms with Crippen LogP contribution >= 0.6 is 15.9 Å². The van der Waals surface area contributed by atoms with E-state index >= 15 is 0 Å². The predicted octanol–water partition coefficient (Wildman–Crippen LogP) is 3.69. The molecule has 5 aliphatic carbocycles. The Kier molecular flexibility index (Phi) is 4.75. The minimum Gasteiger partial charge on any atom is -0.299 e. The Morgan fingerprint density at radius 3 is 2.31 bits per heavy atom. The third kappa shape index (κ3) is 4.21. The van der Waals surface area contributed by atoms with E-state index in [2.05, 4.69) is 31.5 Å². The van der Waals surface area contributed by atoms with Crippen molar-refractivity contribution in [2.24, 2.45) is 17.3 Å². The van der Waals surface area contributed by atoms with Gasteiger partial charge in [0.1, 0.15) is 0 Å². The quantitative estimate of drug-likeness (QED) is 0.409. The fourth-order valence-electron chi connectivity index (χ4n) is 6.28. The van der Waals surface area contributed by atoms with E-state index in [1.807, 2.05) is 0 Å². The molecule has 29 heavy (non-hydrogen) atoms. The van der Waals surface area contributed by atoms with Crippen LogP contribution in [0.15, 0.2) is 29.2 Å². The summed E-state index contributed by atoms with van der Waals surface area (Å²) in [6, 6.07) is 6.57. The average molecular weight is 482 g/mol. The fraction of sp³-hybridized carbons (Fsp3) is 0.667. The highest BCUT2D eigenvalue weighted by Crippen LogP contribution is 2.65. The van der Waals surface area contributed by atoms with Gasteiger partial charge in [0.25, 0.3) is 0 Å². The number of amides is 1. The van der Waals surface area contributed by atoms with Crippen molar-refractivity contribution in [2.75, 3.05) is 5.43 Å². The van der Waals surface area contributed by atoms with Crippen LogP contribution in [-0.4, -0.2) is 24.7 Å². The number of rotatable bonds is 7. The highest BCUT2D eigenvalue weighted by atomic mass is 79.9. The van der Waals surface area contributed by atoms with Crippen molar-refractivity contribution in [3.8, 4) is 0 Å². The van der Waals surface area contributed by atoms with Gasteiger partial charge >= 0.3 is 0 Å². The summed E-state index contributed by atoms with van der Waals surface area (Å²) in [5.74, 6) is 1.53. The van der Waals surface area contributed by atoms with Crippen molar-refractivity contribution < 1.29 is 13.2 Å². The zero-order valence-electron chi connectivity index (χ0n) is 16.4. The van der Waals surface area contributed by atoms with E-state index < -0.39 is 10.0 Å². The lowest BCUT2D eigenvalue weighted by molar-refractivity contribution is -0.127. The van der Waals surface area contributed by atoms with Gasteiger partial charge in [0, 0.05) is 16.8 Å². The summed E-state index contributed by atoms with van der Waals surface area (Å²) in [7, 11) is -3.45. The Morgan fingerprint density at radius 2 is 1.72 bits per heavy atom. The normalized spacial score (nSPS) is 35.5. The molecule has 0 spiro atoms. The van der Waals surface area contributed by atoms with Crippen LogP contribution in [0.1, 0.15) is 57.8 Å². The molecule has 5 aliphatic rings. The van der Waals surface area contributed by atoms with Gasteiger partial charge in [0.15, 0.2) is 0 Å². The topological polar surface area (TPSA) is 87.3 Å². The lowest BCUT2D eigenvalue weighted by Crippen LogP contribution is -2.54. The number of anilines is 1. The number of carbonyl (C=O) groups excluding carboxylic acids is 1. The van der Waals surface area contributed by atoms with Gasteiger partial charge in [-0.15, -0.1) is 0 Å². The Balaban J connectivity index is 1.17. The first-order chi connectivity index (χ1) is 13.7. The first kappa shape index (κ1) is 19.8. The molecule has 5 fully saturated rings. The van der Waals surface area contributed by atoms with Crippen molar-refractivity contribution in [1.29, 1.82) is 0 Å². The first-order valence-corrected chi connectivity index (χ1v) is 12.9. The number of hydrazine groups is 1. The summed E-state index contributed by atoms with van der Waals surface area (Å²) >= 11 is 4.00. The molecule has 2 unspecified atom stereocenters. The van der Waals surface area contributed by atoms with Crippen LogP contribution in [0, 0.1) is 17.3 Å². The van der Waals surface area contributed by atoms with E-state index in [1.54, 1.807) is 24.3 Å². The monoisotopic (exact) mass is 481 g/mol. The minimum absolute atomic E-state index is 0.00940. The minimum atomic E-state index is -3.45. The molecule has 3 N–H and O–H groups in total. The second-order valence-electron chi connectivity index (χ2n) is 9.88. The average Bonchev–Trinajstić information content (AvgIpc) is 3.41. The molecular weight excluding hydrogens is 454 g/mol. The van der Waals surface area contributed by atoms with Crippen LogP contribution in [0.2, 0.25) is 0 Å². The molecule has 0 radical (unpaired) electrons. The largest absolute Gasteiger partial charge is 0.299 e. The van der Waals surface area contributed by atoms with Gasteiger partial charge in [-0.2, -0.15) is 0 Å². The van der Waals surface area contributed by atoms with Crippen molar-refractivity contribution >= 4 is 37.5 Å². The summed E-state index contributed by atoms with van der Waals surface area (Å²) in [6.07, 6.45) is 9.66. The first-order valence-electron chi connectivity index (χ1n) is 10.6. The SMILES string of the molecule is O=C(CC12CC3CC(CC(Br)(C3)C1)C2)NNc1ccc(S(=O)(=O)NC2CC2)cc1. The van der Waals surface area contributed by atoms with Gasteiger partial charge in [-0.3, -0.25) is 15.6 Å². The van der Waals surface area contributed by atoms with Crippen LogP contribution in [0.5, 0.6) is 0 Å². The molecule has 2 atom stereocenters. The van der Waals surface area contributed by atoms with Crippen molar-refractivity contribution in [2.45, 2.75) is 73.0 Å². The number of halogens is 1. The Hall–Kier alpha value is -1.12. The zero-order valence-corrected chi connectivity index (χ0v) is 18.8. The summed E-state index contributed by atoms with van der Waals surface area (Å²) in [6.45, 7) is 0. The lowest BCUT2D eigenvalue weighted by Gasteiger charge is -2.60. The molecular formula is C21H28BrN3O3S. The lowest BCUT2D eigenvalue weighted by atomic mass is 9.48. The van der Waals surface area contributed by atoms with Crippen LogP contribution < -0.4 is 15.6 Å². The predicted molar refractivity (Wildman–Crippen MR) is 115 cm³/mol. The van der Waals surface area contributed by atoms with Crippen molar-refractivity contribution in [3.63, 3.8) is 0 Å². The summed E-state index contributed by atoms with van der Waals surface area (Å²) in [5, 5.41) is 0. The molecule has 0 saturated heterocycles. The molecule has 6 rings (SSSR count). The van der Waals surface area contributed by atoms with E-state index in [4.69, 9.17) is 0 Å². The third-order valence-electron chi connectivity index (χ3n) is 7.06. The molecule has 8 heteroatoms. The van der Waals surface area contributed by atoms with Crippen LogP contribution in [0.3, 0.4) is 0 Å². The number of benzene rings is 1. The standard InChI is InChI=1S/C21H28BrN3O3S/c22-21-10-14-7-15(11-21)9-20(8-14,13-21)12-19(26)24-23-16-3-5-18(6-4-16)29(27,28)25-17-1-2-17/h3-6,14-15,17,23,25H,1-2,7-13H2,(H,24,26). The number of nitrogens with one attached hydrogen (secondary N) is 3. The number of hydrogen-bond donors (Lipinski definition) is 3.